The van der Waals surface area contributed by atoms with Crippen molar-refractivity contribution in [3.05, 3.63) is 23.3 Å². The molecule has 1 nitrogen and oxygen atoms in total. The highest BCUT2D eigenvalue weighted by atomic mass is 16.1. The Labute approximate surface area is 67.8 Å². The molecule has 0 fully saturated rings. The minimum Gasteiger partial charge on any atom is -0.295 e. The van der Waals surface area contributed by atoms with Crippen molar-refractivity contribution in [2.45, 2.75) is 27.2 Å². The van der Waals surface area contributed by atoms with Gasteiger partial charge in [0.2, 0.25) is 0 Å². The summed E-state index contributed by atoms with van der Waals surface area (Å²) in [5.41, 5.74) is 2.25. The van der Waals surface area contributed by atoms with E-state index in [4.69, 9.17) is 0 Å². The van der Waals surface area contributed by atoms with Crippen LogP contribution in [0.5, 0.6) is 0 Å². The summed E-state index contributed by atoms with van der Waals surface area (Å²) in [4.78, 5) is 10.9. The summed E-state index contributed by atoms with van der Waals surface area (Å²) in [6, 6.07) is 0. The molecule has 1 heteroatoms. The lowest BCUT2D eigenvalue weighted by molar-refractivity contribution is -0.113. The Hall–Kier alpha value is -0.850. The number of hydrogen-bond acceptors (Lipinski definition) is 1. The van der Waals surface area contributed by atoms with Gasteiger partial charge in [0.05, 0.1) is 0 Å². The number of carbonyl (C=O) groups excluding carboxylic acids is 1. The van der Waals surface area contributed by atoms with Crippen molar-refractivity contribution in [1.82, 2.24) is 0 Å². The smallest absolute Gasteiger partial charge is 0.156 e. The number of rotatable bonds is 2. The molecule has 0 amide bonds. The topological polar surface area (TPSA) is 17.1 Å². The molecular weight excluding hydrogens is 136 g/mol. The summed E-state index contributed by atoms with van der Waals surface area (Å²) in [5.74, 6) is 0.753. The second-order valence-electron chi connectivity index (χ2n) is 3.29. The maximum Gasteiger partial charge on any atom is 0.156 e. The van der Waals surface area contributed by atoms with E-state index < -0.39 is 0 Å². The van der Waals surface area contributed by atoms with Gasteiger partial charge in [-0.25, -0.2) is 0 Å². The molecule has 60 valence electrons. The van der Waals surface area contributed by atoms with Crippen LogP contribution in [0, 0.1) is 5.92 Å². The highest BCUT2D eigenvalue weighted by molar-refractivity contribution is 5.94. The quantitative estimate of drug-likeness (QED) is 0.591. The molecule has 0 saturated heterocycles. The summed E-state index contributed by atoms with van der Waals surface area (Å²) >= 11 is 0. The van der Waals surface area contributed by atoms with Crippen LogP contribution in [0.25, 0.3) is 0 Å². The van der Waals surface area contributed by atoms with E-state index in [1.54, 1.807) is 6.92 Å². The molecule has 0 saturated carbocycles. The fourth-order valence-corrected chi connectivity index (χ4v) is 1.19. The molecule has 1 rings (SSSR count). The van der Waals surface area contributed by atoms with Crippen molar-refractivity contribution in [2.75, 3.05) is 0 Å². The third-order valence-electron chi connectivity index (χ3n) is 2.02. The fourth-order valence-electron chi connectivity index (χ4n) is 1.19. The van der Waals surface area contributed by atoms with Crippen molar-refractivity contribution in [2.24, 2.45) is 5.92 Å². The molecule has 11 heavy (non-hydrogen) atoms. The van der Waals surface area contributed by atoms with Gasteiger partial charge in [-0.15, -0.1) is 0 Å². The lowest BCUT2D eigenvalue weighted by Gasteiger charge is -2.00. The van der Waals surface area contributed by atoms with Crippen molar-refractivity contribution in [3.8, 4) is 0 Å². The Kier molecular flexibility index (Phi) is 2.28. The molecule has 0 bridgehead atoms. The third-order valence-corrected chi connectivity index (χ3v) is 2.02. The summed E-state index contributed by atoms with van der Waals surface area (Å²) < 4.78 is 0. The van der Waals surface area contributed by atoms with E-state index in [0.717, 1.165) is 12.0 Å². The lowest BCUT2D eigenvalue weighted by atomic mass is 10.1. The van der Waals surface area contributed by atoms with Gasteiger partial charge in [-0.1, -0.05) is 26.0 Å². The van der Waals surface area contributed by atoms with E-state index in [0.29, 0.717) is 5.92 Å². The molecule has 0 aromatic heterocycles. The molecular formula is C10H14O. The van der Waals surface area contributed by atoms with Gasteiger partial charge in [0.25, 0.3) is 0 Å². The molecule has 0 atom stereocenters. The summed E-state index contributed by atoms with van der Waals surface area (Å²) in [7, 11) is 0. The molecule has 0 aromatic carbocycles. The van der Waals surface area contributed by atoms with Gasteiger partial charge in [0.1, 0.15) is 0 Å². The second-order valence-corrected chi connectivity index (χ2v) is 3.29. The van der Waals surface area contributed by atoms with Crippen molar-refractivity contribution in [1.29, 1.82) is 0 Å². The van der Waals surface area contributed by atoms with Crippen LogP contribution < -0.4 is 0 Å². The third kappa shape index (κ3) is 1.79. The molecule has 0 unspecified atom stereocenters. The van der Waals surface area contributed by atoms with Crippen molar-refractivity contribution in [3.63, 3.8) is 0 Å². The van der Waals surface area contributed by atoms with Crippen LogP contribution in [-0.2, 0) is 4.79 Å². The molecule has 1 aliphatic carbocycles. The predicted octanol–water partition coefficient (Wildman–Crippen LogP) is 2.49. The molecule has 0 spiro atoms. The summed E-state index contributed by atoms with van der Waals surface area (Å²) in [6.45, 7) is 5.92. The summed E-state index contributed by atoms with van der Waals surface area (Å²) in [5, 5.41) is 0. The molecule has 0 radical (unpaired) electrons. The van der Waals surface area contributed by atoms with E-state index in [1.165, 1.54) is 5.57 Å². The highest BCUT2D eigenvalue weighted by Gasteiger charge is 2.11. The SMILES string of the molecule is CC(=O)C1=CC(C(C)C)=CC1. The predicted molar refractivity (Wildman–Crippen MR) is 46.3 cm³/mol. The number of carbonyl (C=O) groups is 1. The molecule has 0 heterocycles. The number of Topliss-reactive ketones (excluding diaryl/α,β-unsaturated/α-hetero) is 1. The van der Waals surface area contributed by atoms with Gasteiger partial charge in [0.15, 0.2) is 5.78 Å². The Morgan fingerprint density at radius 3 is 2.45 bits per heavy atom. The van der Waals surface area contributed by atoms with Crippen molar-refractivity contribution < 1.29 is 4.79 Å². The Bertz CT molecular complexity index is 231. The Balaban J connectivity index is 2.71. The van der Waals surface area contributed by atoms with E-state index >= 15 is 0 Å². The van der Waals surface area contributed by atoms with Gasteiger partial charge in [0, 0.05) is 0 Å². The minimum absolute atomic E-state index is 0.205. The number of hydrogen-bond donors (Lipinski definition) is 0. The average Bonchev–Trinajstić information content (AvgIpc) is 2.33. The normalized spacial score (nSPS) is 16.7. The van der Waals surface area contributed by atoms with Crippen LogP contribution >= 0.6 is 0 Å². The minimum atomic E-state index is 0.205. The summed E-state index contributed by atoms with van der Waals surface area (Å²) in [6.07, 6.45) is 5.00. The van der Waals surface area contributed by atoms with Gasteiger partial charge in [-0.3, -0.25) is 4.79 Å². The Morgan fingerprint density at radius 1 is 1.55 bits per heavy atom. The average molecular weight is 150 g/mol. The first-order valence-electron chi connectivity index (χ1n) is 4.03. The second kappa shape index (κ2) is 3.04. The van der Waals surface area contributed by atoms with Crippen LogP contribution in [0.4, 0.5) is 0 Å². The molecule has 0 aliphatic heterocycles. The van der Waals surface area contributed by atoms with Crippen LogP contribution in [0.2, 0.25) is 0 Å². The first-order valence-corrected chi connectivity index (χ1v) is 4.03. The van der Waals surface area contributed by atoms with Gasteiger partial charge >= 0.3 is 0 Å². The maximum absolute atomic E-state index is 10.9. The van der Waals surface area contributed by atoms with Crippen molar-refractivity contribution >= 4 is 5.78 Å². The Morgan fingerprint density at radius 2 is 2.18 bits per heavy atom. The van der Waals surface area contributed by atoms with E-state index in [2.05, 4.69) is 19.9 Å². The van der Waals surface area contributed by atoms with E-state index in [-0.39, 0.29) is 5.78 Å². The van der Waals surface area contributed by atoms with Crippen LogP contribution in [0.15, 0.2) is 23.3 Å². The van der Waals surface area contributed by atoms with Crippen LogP contribution in [0.1, 0.15) is 27.2 Å². The van der Waals surface area contributed by atoms with E-state index in [9.17, 15) is 4.79 Å². The van der Waals surface area contributed by atoms with Crippen LogP contribution in [-0.4, -0.2) is 5.78 Å². The first-order chi connectivity index (χ1) is 5.11. The fraction of sp³-hybridized carbons (Fsp3) is 0.500. The molecule has 0 N–H and O–H groups in total. The van der Waals surface area contributed by atoms with E-state index in [1.807, 2.05) is 6.08 Å². The van der Waals surface area contributed by atoms with Gasteiger partial charge in [-0.05, 0) is 30.4 Å². The lowest BCUT2D eigenvalue weighted by Crippen LogP contribution is -1.92. The number of allylic oxidation sites excluding steroid dienone is 4. The zero-order valence-corrected chi connectivity index (χ0v) is 7.35. The van der Waals surface area contributed by atoms with Gasteiger partial charge in [-0.2, -0.15) is 0 Å². The maximum atomic E-state index is 10.9. The largest absolute Gasteiger partial charge is 0.295 e. The zero-order valence-electron chi connectivity index (χ0n) is 7.35. The van der Waals surface area contributed by atoms with Crippen LogP contribution in [0.3, 0.4) is 0 Å². The molecule has 1 aliphatic rings. The first kappa shape index (κ1) is 8.25. The molecule has 0 aromatic rings. The number of ketones is 1. The standard InChI is InChI=1S/C10H14O/c1-7(2)9-4-5-10(6-9)8(3)11/h4,6-7H,5H2,1-3H3. The monoisotopic (exact) mass is 150 g/mol. The van der Waals surface area contributed by atoms with Gasteiger partial charge < -0.3 is 0 Å². The highest BCUT2D eigenvalue weighted by Crippen LogP contribution is 2.23. The zero-order chi connectivity index (χ0) is 8.43.